The van der Waals surface area contributed by atoms with Gasteiger partial charge >= 0.3 is 0 Å². The van der Waals surface area contributed by atoms with Crippen LogP contribution in [0.1, 0.15) is 43.4 Å². The van der Waals surface area contributed by atoms with E-state index in [4.69, 9.17) is 8.83 Å². The molecule has 0 unspecified atom stereocenters. The van der Waals surface area contributed by atoms with Crippen LogP contribution < -0.4 is 4.90 Å². The highest BCUT2D eigenvalue weighted by molar-refractivity contribution is 6.14. The number of para-hydroxylation sites is 4. The number of nitrogens with zero attached hydrogens (tertiary/aromatic N) is 1. The number of furan rings is 2. The molecule has 2 heterocycles. The van der Waals surface area contributed by atoms with Crippen LogP contribution in [0.25, 0.3) is 82.8 Å². The maximum atomic E-state index is 6.76. The molecule has 0 N–H and O–H groups in total. The van der Waals surface area contributed by atoms with E-state index in [0.29, 0.717) is 0 Å². The van der Waals surface area contributed by atoms with E-state index in [2.05, 4.69) is 195 Å². The molecule has 0 atom stereocenters. The smallest absolute Gasteiger partial charge is 0.143 e. The molecule has 0 aliphatic heterocycles. The zero-order chi connectivity index (χ0) is 40.0. The molecule has 286 valence electrons. The molecule has 0 bridgehead atoms. The van der Waals surface area contributed by atoms with Gasteiger partial charge in [-0.05, 0) is 106 Å². The number of benzene rings is 8. The van der Waals surface area contributed by atoms with Gasteiger partial charge in [0.1, 0.15) is 22.3 Å². The van der Waals surface area contributed by atoms with E-state index in [9.17, 15) is 0 Å². The number of fused-ring (bicyclic) bond motifs is 9. The Morgan fingerprint density at radius 2 is 0.983 bits per heavy atom. The summed E-state index contributed by atoms with van der Waals surface area (Å²) in [7, 11) is 0. The molecule has 60 heavy (non-hydrogen) atoms. The van der Waals surface area contributed by atoms with Crippen molar-refractivity contribution < 1.29 is 8.83 Å². The monoisotopic (exact) mass is 771 g/mol. The van der Waals surface area contributed by atoms with E-state index in [1.165, 1.54) is 33.4 Å². The van der Waals surface area contributed by atoms with Crippen molar-refractivity contribution in [1.29, 1.82) is 0 Å². The van der Waals surface area contributed by atoms with Crippen LogP contribution in [0.2, 0.25) is 0 Å². The molecule has 0 saturated heterocycles. The Morgan fingerprint density at radius 1 is 0.433 bits per heavy atom. The third-order valence-corrected chi connectivity index (χ3v) is 12.9. The number of hydrogen-bond acceptors (Lipinski definition) is 3. The Labute approximate surface area is 349 Å². The van der Waals surface area contributed by atoms with Crippen molar-refractivity contribution in [3.8, 4) is 33.4 Å². The quantitative estimate of drug-likeness (QED) is 0.169. The zero-order valence-electron chi connectivity index (χ0n) is 33.6. The molecule has 0 fully saturated rings. The van der Waals surface area contributed by atoms with Gasteiger partial charge in [0.05, 0.1) is 0 Å². The largest absolute Gasteiger partial charge is 0.455 e. The third kappa shape index (κ3) is 5.29. The highest BCUT2D eigenvalue weighted by atomic mass is 16.3. The first-order valence-corrected chi connectivity index (χ1v) is 21.0. The van der Waals surface area contributed by atoms with Crippen LogP contribution in [-0.2, 0) is 5.41 Å². The lowest BCUT2D eigenvalue weighted by Crippen LogP contribution is -2.16. The van der Waals surface area contributed by atoms with Gasteiger partial charge in [-0.25, -0.2) is 0 Å². The molecule has 0 spiro atoms. The lowest BCUT2D eigenvalue weighted by Gasteiger charge is -2.29. The summed E-state index contributed by atoms with van der Waals surface area (Å²) < 4.78 is 13.4. The van der Waals surface area contributed by atoms with Crippen molar-refractivity contribution >= 4 is 66.5 Å². The summed E-state index contributed by atoms with van der Waals surface area (Å²) in [5.41, 5.74) is 18.7. The third-order valence-electron chi connectivity index (χ3n) is 12.9. The molecular weight excluding hydrogens is 731 g/mol. The fourth-order valence-corrected chi connectivity index (χ4v) is 9.96. The van der Waals surface area contributed by atoms with Gasteiger partial charge in [0.2, 0.25) is 0 Å². The van der Waals surface area contributed by atoms with Gasteiger partial charge in [-0.2, -0.15) is 0 Å². The molecule has 0 amide bonds. The van der Waals surface area contributed by atoms with Crippen LogP contribution in [0.3, 0.4) is 0 Å². The molecular formula is C57H41NO2. The van der Waals surface area contributed by atoms with E-state index >= 15 is 0 Å². The second-order valence-electron chi connectivity index (χ2n) is 16.7. The predicted octanol–water partition coefficient (Wildman–Crippen LogP) is 16.3. The fourth-order valence-electron chi connectivity index (χ4n) is 9.96. The summed E-state index contributed by atoms with van der Waals surface area (Å²) in [6.45, 7) is 4.71. The van der Waals surface area contributed by atoms with E-state index in [1.807, 2.05) is 12.1 Å². The molecule has 3 heteroatoms. The van der Waals surface area contributed by atoms with Crippen LogP contribution in [0.5, 0.6) is 0 Å². The maximum absolute atomic E-state index is 6.76. The number of hydrogen-bond donors (Lipinski definition) is 0. The molecule has 2 aliphatic rings. The Balaban J connectivity index is 1.11. The topological polar surface area (TPSA) is 29.5 Å². The van der Waals surface area contributed by atoms with Gasteiger partial charge in [0, 0.05) is 55.1 Å². The van der Waals surface area contributed by atoms with Gasteiger partial charge in [-0.1, -0.05) is 153 Å². The first-order chi connectivity index (χ1) is 29.5. The molecule has 8 aromatic carbocycles. The van der Waals surface area contributed by atoms with E-state index in [1.54, 1.807) is 0 Å². The van der Waals surface area contributed by atoms with Crippen molar-refractivity contribution in [2.75, 3.05) is 4.90 Å². The van der Waals surface area contributed by atoms with Crippen LogP contribution in [-0.4, -0.2) is 0 Å². The van der Waals surface area contributed by atoms with Crippen LogP contribution in [0, 0.1) is 0 Å². The van der Waals surface area contributed by atoms with Crippen LogP contribution >= 0.6 is 0 Å². The number of rotatable bonds is 6. The van der Waals surface area contributed by atoms with Gasteiger partial charge in [0.15, 0.2) is 0 Å². The summed E-state index contributed by atoms with van der Waals surface area (Å²) >= 11 is 0. The van der Waals surface area contributed by atoms with Crippen molar-refractivity contribution in [3.63, 3.8) is 0 Å². The average Bonchev–Trinajstić information content (AvgIpc) is 3.95. The highest BCUT2D eigenvalue weighted by Crippen LogP contribution is 2.52. The number of anilines is 3. The van der Waals surface area contributed by atoms with Crippen LogP contribution in [0.15, 0.2) is 197 Å². The Hall–Kier alpha value is -7.36. The summed E-state index contributed by atoms with van der Waals surface area (Å²) in [6.07, 6.45) is 9.04. The van der Waals surface area contributed by atoms with Crippen molar-refractivity contribution in [3.05, 3.63) is 205 Å². The minimum absolute atomic E-state index is 0.144. The Kier molecular flexibility index (Phi) is 7.71. The Bertz CT molecular complexity index is 3410. The maximum Gasteiger partial charge on any atom is 0.143 e. The van der Waals surface area contributed by atoms with E-state index < -0.39 is 0 Å². The zero-order valence-corrected chi connectivity index (χ0v) is 33.6. The summed E-state index contributed by atoms with van der Waals surface area (Å²) in [5, 5.41) is 4.42. The summed E-state index contributed by atoms with van der Waals surface area (Å²) in [6, 6.07) is 61.5. The lowest BCUT2D eigenvalue weighted by atomic mass is 9.82. The van der Waals surface area contributed by atoms with Gasteiger partial charge < -0.3 is 13.7 Å². The second kappa shape index (κ2) is 13.3. The second-order valence-corrected chi connectivity index (χ2v) is 16.7. The van der Waals surface area contributed by atoms with Crippen LogP contribution in [0.4, 0.5) is 17.1 Å². The van der Waals surface area contributed by atoms with Crippen molar-refractivity contribution in [1.82, 2.24) is 0 Å². The average molecular weight is 772 g/mol. The lowest BCUT2D eigenvalue weighted by molar-refractivity contribution is 0.660. The molecule has 2 aromatic heterocycles. The van der Waals surface area contributed by atoms with E-state index in [0.717, 1.165) is 96.0 Å². The standard InChI is InChI=1S/C57H41NO2/c1-57(2)51-23-9-6-16-42(51)43-33-31-40(35-52(43)57)58(38-28-26-37(27-29-38)36-14-4-3-5-15-36)39-30-32-41(46-19-12-20-47-44-17-7-10-24-53(44)59-55(46)47)50(34-39)49-22-13-21-48-45-18-8-11-25-54(45)60-56(48)49/h4,6-35H,3,5H2,1-2H3. The molecule has 3 nitrogen and oxygen atoms in total. The normalized spacial score (nSPS) is 14.2. The highest BCUT2D eigenvalue weighted by Gasteiger charge is 2.36. The molecule has 0 saturated carbocycles. The molecule has 0 radical (unpaired) electrons. The summed E-state index contributed by atoms with van der Waals surface area (Å²) in [4.78, 5) is 2.42. The molecule has 12 rings (SSSR count). The minimum Gasteiger partial charge on any atom is -0.455 e. The molecule has 2 aliphatic carbocycles. The van der Waals surface area contributed by atoms with Gasteiger partial charge in [0.25, 0.3) is 0 Å². The first kappa shape index (κ1) is 34.7. The van der Waals surface area contributed by atoms with Crippen molar-refractivity contribution in [2.24, 2.45) is 0 Å². The number of allylic oxidation sites excluding steroid dienone is 4. The summed E-state index contributed by atoms with van der Waals surface area (Å²) in [5.74, 6) is 0. The SMILES string of the molecule is CC1(C)c2ccccc2-c2ccc(N(c3ccc(C4=CCCC=C4)cc3)c3ccc(-c4cccc5c4oc4ccccc45)c(-c4cccc5c4oc4ccccc45)c3)cc21. The minimum atomic E-state index is -0.144. The Morgan fingerprint density at radius 3 is 1.67 bits per heavy atom. The molecule has 10 aromatic rings. The van der Waals surface area contributed by atoms with E-state index in [-0.39, 0.29) is 5.41 Å². The first-order valence-electron chi connectivity index (χ1n) is 21.0. The van der Waals surface area contributed by atoms with Gasteiger partial charge in [-0.15, -0.1) is 0 Å². The van der Waals surface area contributed by atoms with Crippen molar-refractivity contribution in [2.45, 2.75) is 32.1 Å². The van der Waals surface area contributed by atoms with Gasteiger partial charge in [-0.3, -0.25) is 0 Å². The predicted molar refractivity (Wildman–Crippen MR) is 250 cm³/mol. The fraction of sp³-hybridized carbons (Fsp3) is 0.0877.